The molecule has 0 heterocycles. The largest absolute Gasteiger partial charge is 1.00 e. The van der Waals surface area contributed by atoms with E-state index in [4.69, 9.17) is 15.3 Å². The van der Waals surface area contributed by atoms with Gasteiger partial charge in [0.15, 0.2) is 0 Å². The van der Waals surface area contributed by atoms with Gasteiger partial charge in [-0.2, -0.15) is 0 Å². The third-order valence-corrected chi connectivity index (χ3v) is 1.67. The first kappa shape index (κ1) is 14.2. The Morgan fingerprint density at radius 3 is 1.06 bits per heavy atom. The van der Waals surface area contributed by atoms with E-state index in [2.05, 4.69) is 0 Å². The van der Waals surface area contributed by atoms with Crippen molar-refractivity contribution in [1.29, 1.82) is 0 Å². The molecule has 0 bridgehead atoms. The molecule has 0 spiro atoms. The normalized spacial score (nSPS) is 9.00. The van der Waals surface area contributed by atoms with Gasteiger partial charge in [0.05, 0.1) is 16.7 Å². The quantitative estimate of drug-likeness (QED) is 0.501. The van der Waals surface area contributed by atoms with E-state index in [-0.39, 0.29) is 37.0 Å². The fourth-order valence-corrected chi connectivity index (χ4v) is 0.998. The van der Waals surface area contributed by atoms with E-state index in [9.17, 15) is 14.4 Å². The van der Waals surface area contributed by atoms with Crippen LogP contribution in [0.1, 0.15) is 32.5 Å². The predicted octanol–water partition coefficient (Wildman–Crippen LogP) is -2.10. The zero-order valence-electron chi connectivity index (χ0n) is 9.30. The number of hydrogen-bond acceptors (Lipinski definition) is 3. The van der Waals surface area contributed by atoms with Crippen LogP contribution in [0.25, 0.3) is 0 Å². The van der Waals surface area contributed by atoms with Crippen molar-refractivity contribution in [3.8, 4) is 0 Å². The van der Waals surface area contributed by atoms with Crippen LogP contribution in [-0.2, 0) is 0 Å². The Kier molecular flexibility index (Phi) is 4.76. The van der Waals surface area contributed by atoms with E-state index < -0.39 is 17.9 Å². The number of carboxylic acids is 3. The molecule has 0 fully saturated rings. The molecule has 0 aliphatic rings. The molecule has 0 aliphatic heterocycles. The van der Waals surface area contributed by atoms with Crippen molar-refractivity contribution in [1.82, 2.24) is 0 Å². The molecule has 3 N–H and O–H groups in total. The van der Waals surface area contributed by atoms with E-state index >= 15 is 0 Å². The minimum Gasteiger partial charge on any atom is -1.00 e. The first-order valence-electron chi connectivity index (χ1n) is 3.77. The van der Waals surface area contributed by atoms with Crippen molar-refractivity contribution >= 4 is 17.9 Å². The topological polar surface area (TPSA) is 112 Å². The van der Waals surface area contributed by atoms with Gasteiger partial charge in [-0.3, -0.25) is 0 Å². The van der Waals surface area contributed by atoms with Crippen LogP contribution in [0.3, 0.4) is 0 Å². The Bertz CT molecular complexity index is 380. The van der Waals surface area contributed by atoms with Gasteiger partial charge >= 0.3 is 36.8 Å². The first-order valence-corrected chi connectivity index (χ1v) is 3.77. The van der Waals surface area contributed by atoms with Crippen molar-refractivity contribution in [2.75, 3.05) is 0 Å². The van der Waals surface area contributed by atoms with Crippen molar-refractivity contribution in [3.05, 3.63) is 34.9 Å². The molecule has 0 atom stereocenters. The number of aromatic carboxylic acids is 3. The molecule has 0 unspecified atom stereocenters. The fourth-order valence-electron chi connectivity index (χ4n) is 0.998. The molecule has 0 saturated carbocycles. The first-order chi connectivity index (χ1) is 6.91. The summed E-state index contributed by atoms with van der Waals surface area (Å²) < 4.78 is 0. The smallest absolute Gasteiger partial charge is 1.00 e. The molecule has 1 aromatic rings. The maximum absolute atomic E-state index is 10.6. The molecule has 0 aromatic heterocycles. The molecule has 7 heteroatoms. The molecular formula is C9H7LiO6. The maximum atomic E-state index is 10.6. The number of rotatable bonds is 3. The zero-order chi connectivity index (χ0) is 11.6. The van der Waals surface area contributed by atoms with Crippen molar-refractivity contribution in [3.63, 3.8) is 0 Å². The van der Waals surface area contributed by atoms with E-state index in [0.29, 0.717) is 0 Å². The average Bonchev–Trinajstić information content (AvgIpc) is 2.16. The molecule has 0 aliphatic carbocycles. The van der Waals surface area contributed by atoms with Crippen LogP contribution >= 0.6 is 0 Å². The van der Waals surface area contributed by atoms with Gasteiger partial charge in [0.25, 0.3) is 0 Å². The molecule has 1 rings (SSSR count). The Balaban J connectivity index is 0. The van der Waals surface area contributed by atoms with Gasteiger partial charge in [-0.1, -0.05) is 0 Å². The van der Waals surface area contributed by atoms with Crippen LogP contribution in [0, 0.1) is 0 Å². The second-order valence-corrected chi connectivity index (χ2v) is 2.71. The summed E-state index contributed by atoms with van der Waals surface area (Å²) in [4.78, 5) is 31.7. The molecular weight excluding hydrogens is 211 g/mol. The molecule has 6 nitrogen and oxygen atoms in total. The van der Waals surface area contributed by atoms with Crippen LogP contribution < -0.4 is 18.9 Å². The summed E-state index contributed by atoms with van der Waals surface area (Å²) in [5.41, 5.74) is -1.10. The van der Waals surface area contributed by atoms with Gasteiger partial charge in [0.1, 0.15) is 0 Å². The van der Waals surface area contributed by atoms with E-state index in [0.717, 1.165) is 18.2 Å². The van der Waals surface area contributed by atoms with Crippen LogP contribution in [0.5, 0.6) is 0 Å². The van der Waals surface area contributed by atoms with Gasteiger partial charge in [-0.15, -0.1) is 0 Å². The third-order valence-electron chi connectivity index (χ3n) is 1.67. The zero-order valence-corrected chi connectivity index (χ0v) is 8.30. The van der Waals surface area contributed by atoms with Crippen molar-refractivity contribution in [2.45, 2.75) is 0 Å². The van der Waals surface area contributed by atoms with E-state index in [1.807, 2.05) is 0 Å². The third kappa shape index (κ3) is 3.12. The summed E-state index contributed by atoms with van der Waals surface area (Å²) in [5.74, 6) is -4.12. The Hall–Kier alpha value is -1.77. The molecule has 80 valence electrons. The number of carbonyl (C=O) groups is 3. The van der Waals surface area contributed by atoms with Gasteiger partial charge in [0.2, 0.25) is 0 Å². The summed E-state index contributed by atoms with van der Waals surface area (Å²) in [6, 6.07) is 2.70. The van der Waals surface area contributed by atoms with Gasteiger partial charge in [-0.05, 0) is 18.2 Å². The molecule has 0 radical (unpaired) electrons. The van der Waals surface area contributed by atoms with Crippen LogP contribution in [0.15, 0.2) is 18.2 Å². The van der Waals surface area contributed by atoms with Gasteiger partial charge < -0.3 is 16.7 Å². The molecule has 0 amide bonds. The summed E-state index contributed by atoms with van der Waals surface area (Å²) in [6.45, 7) is 0. The summed E-state index contributed by atoms with van der Waals surface area (Å²) >= 11 is 0. The minimum absolute atomic E-state index is 0. The Morgan fingerprint density at radius 2 is 0.938 bits per heavy atom. The summed E-state index contributed by atoms with van der Waals surface area (Å²) in [6.07, 6.45) is 0. The maximum Gasteiger partial charge on any atom is 1.00 e. The van der Waals surface area contributed by atoms with Crippen LogP contribution in [-0.4, -0.2) is 33.2 Å². The Labute approximate surface area is 103 Å². The van der Waals surface area contributed by atoms with Crippen LogP contribution in [0.2, 0.25) is 0 Å². The van der Waals surface area contributed by atoms with Crippen molar-refractivity contribution < 1.29 is 50.0 Å². The van der Waals surface area contributed by atoms with Gasteiger partial charge in [0, 0.05) is 0 Å². The second-order valence-electron chi connectivity index (χ2n) is 2.71. The minimum atomic E-state index is -1.37. The monoisotopic (exact) mass is 218 g/mol. The molecule has 16 heavy (non-hydrogen) atoms. The van der Waals surface area contributed by atoms with Crippen LogP contribution in [0.4, 0.5) is 0 Å². The predicted molar refractivity (Wildman–Crippen MR) is 48.4 cm³/mol. The van der Waals surface area contributed by atoms with E-state index in [1.165, 1.54) is 0 Å². The number of hydrogen-bond donors (Lipinski definition) is 3. The number of benzene rings is 1. The second kappa shape index (κ2) is 5.35. The average molecular weight is 218 g/mol. The number of carboxylic acid groups (broad SMARTS) is 3. The van der Waals surface area contributed by atoms with Gasteiger partial charge in [-0.25, -0.2) is 14.4 Å². The molecule has 0 saturated heterocycles. The van der Waals surface area contributed by atoms with E-state index in [1.54, 1.807) is 0 Å². The van der Waals surface area contributed by atoms with Crippen molar-refractivity contribution in [2.24, 2.45) is 0 Å². The summed E-state index contributed by atoms with van der Waals surface area (Å²) in [7, 11) is 0. The SMILES string of the molecule is O=C(O)c1cc(C(=O)O)cc(C(=O)O)c1.[H-].[Li+]. The standard InChI is InChI=1S/C9H6O6.Li.H/c10-7(11)4-1-5(8(12)13)3-6(2-4)9(14)15;;/h1-3H,(H,10,11)(H,12,13)(H,14,15);;/q;+1;-1. The molecule has 1 aromatic carbocycles. The summed E-state index contributed by atoms with van der Waals surface area (Å²) in [5, 5.41) is 25.8. The fraction of sp³-hybridized carbons (Fsp3) is 0. The Morgan fingerprint density at radius 1 is 0.750 bits per heavy atom.